The Morgan fingerprint density at radius 2 is 1.31 bits per heavy atom. The summed E-state index contributed by atoms with van der Waals surface area (Å²) in [6.45, 7) is 13.7. The average molecular weight is 489 g/mol. The standard InChI is InChI=1S/C29H44O6/c1-8-29(9-2,21-10-12-24(19(3)14-21)34-18-27(33)28(5,6)7)22-11-13-25(20(4)15-22)35-26(17-31)23(32)16-30/h10-15,23,26-27,30-33H,8-9,16-18H2,1-7H3/t23-,26-,27+/m1/s1. The van der Waals surface area contributed by atoms with Gasteiger partial charge in [0, 0.05) is 5.41 Å². The van der Waals surface area contributed by atoms with Crippen molar-refractivity contribution in [3.05, 3.63) is 58.7 Å². The highest BCUT2D eigenvalue weighted by Crippen LogP contribution is 2.41. The van der Waals surface area contributed by atoms with Crippen molar-refractivity contribution in [1.29, 1.82) is 0 Å². The van der Waals surface area contributed by atoms with E-state index in [-0.39, 0.29) is 17.4 Å². The minimum absolute atomic E-state index is 0.210. The number of aryl methyl sites for hydroxylation is 2. The van der Waals surface area contributed by atoms with Crippen LogP contribution in [-0.4, -0.2) is 58.6 Å². The minimum atomic E-state index is -1.15. The molecule has 0 unspecified atom stereocenters. The first-order valence-corrected chi connectivity index (χ1v) is 12.5. The van der Waals surface area contributed by atoms with Crippen molar-refractivity contribution in [3.8, 4) is 11.5 Å². The Morgan fingerprint density at radius 1 is 0.800 bits per heavy atom. The van der Waals surface area contributed by atoms with Crippen LogP contribution in [0.1, 0.15) is 69.7 Å². The molecule has 6 nitrogen and oxygen atoms in total. The molecule has 0 saturated heterocycles. The van der Waals surface area contributed by atoms with Gasteiger partial charge in [0.2, 0.25) is 0 Å². The van der Waals surface area contributed by atoms with Crippen LogP contribution in [0.3, 0.4) is 0 Å². The van der Waals surface area contributed by atoms with E-state index >= 15 is 0 Å². The Bertz CT molecular complexity index is 945. The third kappa shape index (κ3) is 6.76. The summed E-state index contributed by atoms with van der Waals surface area (Å²) in [5.74, 6) is 1.34. The van der Waals surface area contributed by atoms with Crippen LogP contribution >= 0.6 is 0 Å². The SMILES string of the molecule is CCC(CC)(c1ccc(OC[C@H](O)C(C)(C)C)c(C)c1)c1ccc(O[C@H](CO)[C@H](O)CO)c(C)c1. The number of rotatable bonds is 12. The largest absolute Gasteiger partial charge is 0.491 e. The fourth-order valence-corrected chi connectivity index (χ4v) is 4.36. The van der Waals surface area contributed by atoms with Crippen molar-refractivity contribution < 1.29 is 29.9 Å². The van der Waals surface area contributed by atoms with Crippen LogP contribution in [-0.2, 0) is 5.41 Å². The van der Waals surface area contributed by atoms with Gasteiger partial charge in [-0.05, 0) is 66.5 Å². The summed E-state index contributed by atoms with van der Waals surface area (Å²) in [5.41, 5.74) is 3.82. The molecule has 2 rings (SSSR count). The second-order valence-electron chi connectivity index (χ2n) is 10.5. The molecule has 0 heterocycles. The quantitative estimate of drug-likeness (QED) is 0.356. The Hall–Kier alpha value is -2.12. The second-order valence-corrected chi connectivity index (χ2v) is 10.5. The van der Waals surface area contributed by atoms with Crippen molar-refractivity contribution in [2.75, 3.05) is 19.8 Å². The number of ether oxygens (including phenoxy) is 2. The second kappa shape index (κ2) is 12.2. The van der Waals surface area contributed by atoms with E-state index in [1.165, 1.54) is 5.56 Å². The van der Waals surface area contributed by atoms with Gasteiger partial charge in [-0.2, -0.15) is 0 Å². The van der Waals surface area contributed by atoms with Gasteiger partial charge >= 0.3 is 0 Å². The van der Waals surface area contributed by atoms with Crippen molar-refractivity contribution in [2.24, 2.45) is 5.41 Å². The fraction of sp³-hybridized carbons (Fsp3) is 0.586. The van der Waals surface area contributed by atoms with Gasteiger partial charge in [0.05, 0.1) is 19.3 Å². The predicted molar refractivity (Wildman–Crippen MR) is 139 cm³/mol. The molecule has 6 heteroatoms. The molecule has 0 radical (unpaired) electrons. The van der Waals surface area contributed by atoms with E-state index in [4.69, 9.17) is 9.47 Å². The molecule has 0 aliphatic heterocycles. The molecule has 4 N–H and O–H groups in total. The molecule has 0 saturated carbocycles. The average Bonchev–Trinajstić information content (AvgIpc) is 2.82. The molecular formula is C29H44O6. The van der Waals surface area contributed by atoms with Gasteiger partial charge in [-0.25, -0.2) is 0 Å². The molecular weight excluding hydrogens is 444 g/mol. The van der Waals surface area contributed by atoms with Gasteiger partial charge in [0.1, 0.15) is 30.3 Å². The molecule has 196 valence electrons. The lowest BCUT2D eigenvalue weighted by atomic mass is 9.70. The maximum atomic E-state index is 10.3. The lowest BCUT2D eigenvalue weighted by molar-refractivity contribution is -0.0257. The Balaban J connectivity index is 2.35. The van der Waals surface area contributed by atoms with Gasteiger partial charge in [-0.15, -0.1) is 0 Å². The molecule has 0 aliphatic carbocycles. The zero-order valence-corrected chi connectivity index (χ0v) is 22.3. The highest BCUT2D eigenvalue weighted by molar-refractivity contribution is 5.48. The first-order valence-electron chi connectivity index (χ1n) is 12.5. The highest BCUT2D eigenvalue weighted by atomic mass is 16.5. The third-order valence-electron chi connectivity index (χ3n) is 7.13. The van der Waals surface area contributed by atoms with Crippen molar-refractivity contribution in [2.45, 2.75) is 85.0 Å². The van der Waals surface area contributed by atoms with E-state index in [0.29, 0.717) is 5.75 Å². The summed E-state index contributed by atoms with van der Waals surface area (Å²) < 4.78 is 11.7. The number of aliphatic hydroxyl groups is 4. The minimum Gasteiger partial charge on any atom is -0.491 e. The molecule has 3 atom stereocenters. The van der Waals surface area contributed by atoms with Crippen LogP contribution in [0.5, 0.6) is 11.5 Å². The maximum absolute atomic E-state index is 10.3. The fourth-order valence-electron chi connectivity index (χ4n) is 4.36. The Morgan fingerprint density at radius 3 is 1.71 bits per heavy atom. The molecule has 2 aromatic rings. The molecule has 0 aromatic heterocycles. The Labute approximate surface area is 210 Å². The summed E-state index contributed by atoms with van der Waals surface area (Å²) in [6, 6.07) is 12.3. The van der Waals surface area contributed by atoms with E-state index in [0.717, 1.165) is 35.3 Å². The zero-order chi connectivity index (χ0) is 26.4. The van der Waals surface area contributed by atoms with Gasteiger partial charge in [-0.1, -0.05) is 58.9 Å². The lowest BCUT2D eigenvalue weighted by Gasteiger charge is -2.34. The number of aliphatic hydroxyl groups excluding tert-OH is 4. The van der Waals surface area contributed by atoms with Crippen LogP contribution in [0.15, 0.2) is 36.4 Å². The third-order valence-corrected chi connectivity index (χ3v) is 7.13. The van der Waals surface area contributed by atoms with E-state index < -0.39 is 31.5 Å². The smallest absolute Gasteiger partial charge is 0.150 e. The van der Waals surface area contributed by atoms with Crippen molar-refractivity contribution in [3.63, 3.8) is 0 Å². The molecule has 35 heavy (non-hydrogen) atoms. The molecule has 0 amide bonds. The number of hydrogen-bond acceptors (Lipinski definition) is 6. The van der Waals surface area contributed by atoms with Gasteiger partial charge in [0.15, 0.2) is 0 Å². The van der Waals surface area contributed by atoms with Gasteiger partial charge in [0.25, 0.3) is 0 Å². The summed E-state index contributed by atoms with van der Waals surface area (Å²) in [7, 11) is 0. The highest BCUT2D eigenvalue weighted by Gasteiger charge is 2.32. The zero-order valence-electron chi connectivity index (χ0n) is 22.3. The van der Waals surface area contributed by atoms with Gasteiger partial charge < -0.3 is 29.9 Å². The molecule has 0 bridgehead atoms. The van der Waals surface area contributed by atoms with Crippen LogP contribution in [0.25, 0.3) is 0 Å². The normalized spacial score (nSPS) is 14.9. The summed E-state index contributed by atoms with van der Waals surface area (Å²) in [5, 5.41) is 38.9. The van der Waals surface area contributed by atoms with Crippen molar-refractivity contribution in [1.82, 2.24) is 0 Å². The first-order chi connectivity index (χ1) is 16.4. The lowest BCUT2D eigenvalue weighted by Crippen LogP contribution is -2.37. The van der Waals surface area contributed by atoms with Crippen molar-refractivity contribution >= 4 is 0 Å². The predicted octanol–water partition coefficient (Wildman–Crippen LogP) is 4.29. The Kier molecular flexibility index (Phi) is 10.2. The summed E-state index contributed by atoms with van der Waals surface area (Å²) in [4.78, 5) is 0. The van der Waals surface area contributed by atoms with Crippen LogP contribution in [0, 0.1) is 19.3 Å². The van der Waals surface area contributed by atoms with Crippen LogP contribution in [0.4, 0.5) is 0 Å². The van der Waals surface area contributed by atoms with Crippen LogP contribution < -0.4 is 9.47 Å². The molecule has 0 spiro atoms. The van der Waals surface area contributed by atoms with E-state index in [9.17, 15) is 20.4 Å². The van der Waals surface area contributed by atoms with E-state index in [2.05, 4.69) is 32.0 Å². The first kappa shape index (κ1) is 29.1. The van der Waals surface area contributed by atoms with E-state index in [1.807, 2.05) is 52.8 Å². The monoisotopic (exact) mass is 488 g/mol. The number of benzene rings is 2. The van der Waals surface area contributed by atoms with E-state index in [1.54, 1.807) is 0 Å². The number of hydrogen-bond donors (Lipinski definition) is 4. The maximum Gasteiger partial charge on any atom is 0.150 e. The van der Waals surface area contributed by atoms with Crippen LogP contribution in [0.2, 0.25) is 0 Å². The topological polar surface area (TPSA) is 99.4 Å². The van der Waals surface area contributed by atoms with Gasteiger partial charge in [-0.3, -0.25) is 0 Å². The molecule has 2 aromatic carbocycles. The summed E-state index contributed by atoms with van der Waals surface area (Å²) >= 11 is 0. The molecule has 0 aliphatic rings. The summed E-state index contributed by atoms with van der Waals surface area (Å²) in [6.07, 6.45) is -0.807. The molecule has 0 fully saturated rings.